The molecule has 1 amide bonds. The van der Waals surface area contributed by atoms with E-state index in [4.69, 9.17) is 4.42 Å². The van der Waals surface area contributed by atoms with Crippen LogP contribution < -0.4 is 0 Å². The molecule has 3 nitrogen and oxygen atoms in total. The highest BCUT2D eigenvalue weighted by molar-refractivity contribution is 7.21. The number of furan rings is 1. The highest BCUT2D eigenvalue weighted by Gasteiger charge is 2.35. The van der Waals surface area contributed by atoms with Crippen LogP contribution in [0.15, 0.2) is 41.0 Å². The number of hydrogen-bond donors (Lipinski definition) is 0. The third kappa shape index (κ3) is 3.68. The predicted molar refractivity (Wildman–Crippen MR) is 86.0 cm³/mol. The van der Waals surface area contributed by atoms with Crippen molar-refractivity contribution in [3.05, 3.63) is 58.6 Å². The van der Waals surface area contributed by atoms with Crippen molar-refractivity contribution in [1.82, 2.24) is 4.90 Å². The van der Waals surface area contributed by atoms with Gasteiger partial charge in [0.2, 0.25) is 0 Å². The van der Waals surface area contributed by atoms with Crippen molar-refractivity contribution in [2.75, 3.05) is 6.54 Å². The van der Waals surface area contributed by atoms with Crippen LogP contribution in [0.1, 0.15) is 21.0 Å². The van der Waals surface area contributed by atoms with Gasteiger partial charge < -0.3 is 9.32 Å². The lowest BCUT2D eigenvalue weighted by Gasteiger charge is -2.22. The lowest BCUT2D eigenvalue weighted by Crippen LogP contribution is -2.38. The second kappa shape index (κ2) is 6.51. The predicted octanol–water partition coefficient (Wildman–Crippen LogP) is 5.15. The maximum atomic E-state index is 14.0. The van der Waals surface area contributed by atoms with Gasteiger partial charge in [-0.25, -0.2) is 4.39 Å². The molecule has 3 rings (SSSR count). The SMILES string of the molecule is Cc1c(C(=O)N(Cc2ccco2)CC(F)(F)F)sc2cccc(F)c12. The summed E-state index contributed by atoms with van der Waals surface area (Å²) in [7, 11) is 0. The Morgan fingerprint density at radius 1 is 1.24 bits per heavy atom. The first-order valence-electron chi connectivity index (χ1n) is 7.32. The summed E-state index contributed by atoms with van der Waals surface area (Å²) in [6.45, 7) is -0.196. The molecule has 2 heterocycles. The van der Waals surface area contributed by atoms with Crippen LogP contribution in [0.25, 0.3) is 10.1 Å². The van der Waals surface area contributed by atoms with E-state index >= 15 is 0 Å². The summed E-state index contributed by atoms with van der Waals surface area (Å²) < 4.78 is 58.3. The van der Waals surface area contributed by atoms with Gasteiger partial charge >= 0.3 is 6.18 Å². The number of halogens is 4. The molecule has 0 saturated heterocycles. The summed E-state index contributed by atoms with van der Waals surface area (Å²) in [4.78, 5) is 13.5. The Kier molecular flexibility index (Phi) is 4.55. The van der Waals surface area contributed by atoms with E-state index in [2.05, 4.69) is 0 Å². The molecule has 3 aromatic rings. The van der Waals surface area contributed by atoms with Crippen molar-refractivity contribution in [3.63, 3.8) is 0 Å². The minimum atomic E-state index is -4.56. The minimum absolute atomic E-state index is 0.0934. The topological polar surface area (TPSA) is 33.5 Å². The van der Waals surface area contributed by atoms with E-state index < -0.39 is 24.4 Å². The Morgan fingerprint density at radius 3 is 2.60 bits per heavy atom. The number of carbonyl (C=O) groups excluding carboxylic acids is 1. The van der Waals surface area contributed by atoms with Gasteiger partial charge in [0.25, 0.3) is 5.91 Å². The molecule has 0 aliphatic heterocycles. The van der Waals surface area contributed by atoms with Crippen LogP contribution in [-0.4, -0.2) is 23.5 Å². The number of amides is 1. The Morgan fingerprint density at radius 2 is 2.00 bits per heavy atom. The van der Waals surface area contributed by atoms with Crippen molar-refractivity contribution in [1.29, 1.82) is 0 Å². The number of nitrogens with zero attached hydrogens (tertiary/aromatic N) is 1. The zero-order valence-electron chi connectivity index (χ0n) is 13.1. The third-order valence-corrected chi connectivity index (χ3v) is 4.93. The summed E-state index contributed by atoms with van der Waals surface area (Å²) >= 11 is 0.984. The van der Waals surface area contributed by atoms with Crippen molar-refractivity contribution in [3.8, 4) is 0 Å². The van der Waals surface area contributed by atoms with Gasteiger partial charge in [0, 0.05) is 10.1 Å². The van der Waals surface area contributed by atoms with E-state index in [-0.39, 0.29) is 22.6 Å². The number of aryl methyl sites for hydroxylation is 1. The van der Waals surface area contributed by atoms with Crippen molar-refractivity contribution in [2.45, 2.75) is 19.6 Å². The Balaban J connectivity index is 1.99. The lowest BCUT2D eigenvalue weighted by atomic mass is 10.1. The highest BCUT2D eigenvalue weighted by Crippen LogP contribution is 2.34. The molecule has 2 aromatic heterocycles. The second-order valence-electron chi connectivity index (χ2n) is 5.52. The van der Waals surface area contributed by atoms with Crippen molar-refractivity contribution < 1.29 is 26.8 Å². The first kappa shape index (κ1) is 17.5. The van der Waals surface area contributed by atoms with Crippen LogP contribution in [0, 0.1) is 12.7 Å². The average molecular weight is 371 g/mol. The van der Waals surface area contributed by atoms with Gasteiger partial charge in [0.05, 0.1) is 17.7 Å². The molecule has 0 atom stereocenters. The van der Waals surface area contributed by atoms with Gasteiger partial charge in [-0.3, -0.25) is 4.79 Å². The highest BCUT2D eigenvalue weighted by atomic mass is 32.1. The lowest BCUT2D eigenvalue weighted by molar-refractivity contribution is -0.142. The Bertz CT molecular complexity index is 899. The molecule has 0 radical (unpaired) electrons. The quantitative estimate of drug-likeness (QED) is 0.595. The van der Waals surface area contributed by atoms with Gasteiger partial charge in [-0.2, -0.15) is 13.2 Å². The largest absolute Gasteiger partial charge is 0.467 e. The van der Waals surface area contributed by atoms with Gasteiger partial charge in [0.15, 0.2) is 0 Å². The van der Waals surface area contributed by atoms with Crippen molar-refractivity contribution >= 4 is 27.3 Å². The van der Waals surface area contributed by atoms with Crippen LogP contribution in [-0.2, 0) is 6.54 Å². The normalized spacial score (nSPS) is 11.9. The molecule has 1 aromatic carbocycles. The molecule has 0 unspecified atom stereocenters. The van der Waals surface area contributed by atoms with Gasteiger partial charge in [-0.1, -0.05) is 6.07 Å². The number of alkyl halides is 3. The maximum absolute atomic E-state index is 14.0. The third-order valence-electron chi connectivity index (χ3n) is 3.68. The number of thiophene rings is 1. The van der Waals surface area contributed by atoms with E-state index in [1.54, 1.807) is 6.07 Å². The van der Waals surface area contributed by atoms with Gasteiger partial charge in [0.1, 0.15) is 18.1 Å². The first-order chi connectivity index (χ1) is 11.8. The molecule has 0 aliphatic carbocycles. The van der Waals surface area contributed by atoms with E-state index in [1.165, 1.54) is 37.5 Å². The molecular formula is C17H13F4NO2S. The fourth-order valence-electron chi connectivity index (χ4n) is 2.61. The van der Waals surface area contributed by atoms with Crippen molar-refractivity contribution in [2.24, 2.45) is 0 Å². The maximum Gasteiger partial charge on any atom is 0.406 e. The average Bonchev–Trinajstić information content (AvgIpc) is 3.13. The molecular weight excluding hydrogens is 358 g/mol. The van der Waals surface area contributed by atoms with Gasteiger partial charge in [-0.05, 0) is 36.8 Å². The molecule has 8 heteroatoms. The fraction of sp³-hybridized carbons (Fsp3) is 0.235. The number of carbonyl (C=O) groups is 1. The summed E-state index contributed by atoms with van der Waals surface area (Å²) in [6.07, 6.45) is -3.23. The summed E-state index contributed by atoms with van der Waals surface area (Å²) in [5.74, 6) is -1.06. The Hall–Kier alpha value is -2.35. The molecule has 0 N–H and O–H groups in total. The molecule has 132 valence electrons. The monoisotopic (exact) mass is 371 g/mol. The molecule has 0 saturated carbocycles. The van der Waals surface area contributed by atoms with E-state index in [0.29, 0.717) is 15.2 Å². The molecule has 0 aliphatic rings. The number of rotatable bonds is 4. The Labute approximate surface area is 144 Å². The van der Waals surface area contributed by atoms with E-state index in [9.17, 15) is 22.4 Å². The van der Waals surface area contributed by atoms with Crippen LogP contribution in [0.3, 0.4) is 0 Å². The number of benzene rings is 1. The minimum Gasteiger partial charge on any atom is -0.467 e. The van der Waals surface area contributed by atoms with E-state index in [1.807, 2.05) is 0 Å². The molecule has 25 heavy (non-hydrogen) atoms. The molecule has 0 spiro atoms. The molecule has 0 fully saturated rings. The fourth-order valence-corrected chi connectivity index (χ4v) is 3.80. The van der Waals surface area contributed by atoms with Crippen LogP contribution in [0.2, 0.25) is 0 Å². The van der Waals surface area contributed by atoms with Crippen LogP contribution >= 0.6 is 11.3 Å². The summed E-state index contributed by atoms with van der Waals surface area (Å²) in [6, 6.07) is 7.41. The smallest absolute Gasteiger partial charge is 0.406 e. The standard InChI is InChI=1S/C17H13F4NO2S/c1-10-14-12(18)5-2-6-13(14)25-15(10)16(23)22(9-17(19,20)21)8-11-4-3-7-24-11/h2-7H,8-9H2,1H3. The zero-order valence-corrected chi connectivity index (χ0v) is 13.9. The number of fused-ring (bicyclic) bond motifs is 1. The zero-order chi connectivity index (χ0) is 18.2. The first-order valence-corrected chi connectivity index (χ1v) is 8.14. The second-order valence-corrected chi connectivity index (χ2v) is 6.58. The summed E-state index contributed by atoms with van der Waals surface area (Å²) in [5, 5.41) is 0.265. The van der Waals surface area contributed by atoms with Crippen LogP contribution in [0.5, 0.6) is 0 Å². The van der Waals surface area contributed by atoms with Crippen LogP contribution in [0.4, 0.5) is 17.6 Å². The summed E-state index contributed by atoms with van der Waals surface area (Å²) in [5.41, 5.74) is 0.342. The van der Waals surface area contributed by atoms with E-state index in [0.717, 1.165) is 11.3 Å². The number of hydrogen-bond acceptors (Lipinski definition) is 3. The molecule has 0 bridgehead atoms. The van der Waals surface area contributed by atoms with Gasteiger partial charge in [-0.15, -0.1) is 11.3 Å².